The van der Waals surface area contributed by atoms with Gasteiger partial charge in [0.2, 0.25) is 0 Å². The second-order valence-corrected chi connectivity index (χ2v) is 8.25. The Morgan fingerprint density at radius 1 is 0.800 bits per heavy atom. The minimum absolute atomic E-state index is 0.642. The van der Waals surface area contributed by atoms with E-state index in [9.17, 15) is 0 Å². The third-order valence-corrected chi connectivity index (χ3v) is 5.66. The molecule has 0 unspecified atom stereocenters. The summed E-state index contributed by atoms with van der Waals surface area (Å²) >= 11 is 0.642. The third-order valence-electron chi connectivity index (χ3n) is 3.56. The number of rotatable bonds is 15. The van der Waals surface area contributed by atoms with Crippen molar-refractivity contribution < 1.29 is 0 Å². The van der Waals surface area contributed by atoms with Crippen LogP contribution in [-0.2, 0) is 0 Å². The molecule has 0 aliphatic heterocycles. The first-order valence-corrected chi connectivity index (χ1v) is 10.9. The van der Waals surface area contributed by atoms with Crippen molar-refractivity contribution >= 4 is 15.0 Å². The molecule has 20 heavy (non-hydrogen) atoms. The molecule has 0 heterocycles. The Bertz CT molecular complexity index is 230. The molecule has 0 aliphatic rings. The van der Waals surface area contributed by atoms with E-state index in [1.54, 1.807) is 0 Å². The van der Waals surface area contributed by atoms with Gasteiger partial charge in [0.15, 0.2) is 0 Å². The van der Waals surface area contributed by atoms with Crippen molar-refractivity contribution in [3.8, 4) is 0 Å². The summed E-state index contributed by atoms with van der Waals surface area (Å²) in [4.78, 5) is 0. The second-order valence-electron chi connectivity index (χ2n) is 5.69. The first kappa shape index (κ1) is 20.0. The molecular formula is C19H36Se. The Labute approximate surface area is 134 Å². The maximum atomic E-state index is 4.19. The van der Waals surface area contributed by atoms with Gasteiger partial charge in [-0.15, -0.1) is 0 Å². The van der Waals surface area contributed by atoms with Crippen LogP contribution in [0.25, 0.3) is 0 Å². The zero-order chi connectivity index (χ0) is 14.9. The van der Waals surface area contributed by atoms with E-state index in [4.69, 9.17) is 0 Å². The molecule has 0 aromatic rings. The molecular weight excluding hydrogens is 307 g/mol. The topological polar surface area (TPSA) is 0 Å². The molecule has 0 amide bonds. The quantitative estimate of drug-likeness (QED) is 0.172. The van der Waals surface area contributed by atoms with Crippen LogP contribution in [0, 0.1) is 0 Å². The number of allylic oxidation sites excluding steroid dienone is 3. The molecule has 0 bridgehead atoms. The molecule has 0 fully saturated rings. The summed E-state index contributed by atoms with van der Waals surface area (Å²) in [6.07, 6.45) is 21.3. The fourth-order valence-electron chi connectivity index (χ4n) is 2.21. The van der Waals surface area contributed by atoms with E-state index in [-0.39, 0.29) is 0 Å². The summed E-state index contributed by atoms with van der Waals surface area (Å²) in [5.74, 6) is 0. The van der Waals surface area contributed by atoms with E-state index in [0.29, 0.717) is 15.0 Å². The van der Waals surface area contributed by atoms with Gasteiger partial charge in [0.1, 0.15) is 0 Å². The molecule has 0 aliphatic carbocycles. The Kier molecular flexibility index (Phi) is 17.1. The zero-order valence-electron chi connectivity index (χ0n) is 14.0. The molecule has 118 valence electrons. The van der Waals surface area contributed by atoms with E-state index < -0.39 is 0 Å². The number of hydrogen-bond donors (Lipinski definition) is 0. The Balaban J connectivity index is 3.27. The van der Waals surface area contributed by atoms with Crippen LogP contribution in [0.2, 0.25) is 5.32 Å². The van der Waals surface area contributed by atoms with Gasteiger partial charge in [-0.1, -0.05) is 0 Å². The monoisotopic (exact) mass is 344 g/mol. The van der Waals surface area contributed by atoms with E-state index >= 15 is 0 Å². The molecule has 1 heteroatoms. The molecule has 0 saturated carbocycles. The van der Waals surface area contributed by atoms with Crippen LogP contribution in [-0.4, -0.2) is 15.0 Å². The average molecular weight is 343 g/mol. The molecule has 0 radical (unpaired) electrons. The third kappa shape index (κ3) is 16.1. The van der Waals surface area contributed by atoms with Gasteiger partial charge in [-0.05, 0) is 0 Å². The summed E-state index contributed by atoms with van der Waals surface area (Å²) < 4.78 is 1.39. The van der Waals surface area contributed by atoms with Crippen LogP contribution in [0.3, 0.4) is 0 Å². The summed E-state index contributed by atoms with van der Waals surface area (Å²) in [5.41, 5.74) is 0. The van der Waals surface area contributed by atoms with E-state index in [0.717, 1.165) is 0 Å². The molecule has 0 N–H and O–H groups in total. The van der Waals surface area contributed by atoms with Crippen LogP contribution >= 0.6 is 0 Å². The standard InChI is InChI=1S/C19H36Se/c1-4-6-8-10-12-13-15-17-19(3)20-18-16-14-11-9-7-5-2/h15,17H,3-14,16,18H2,1-2H3/b17-15+. The summed E-state index contributed by atoms with van der Waals surface area (Å²) in [6, 6.07) is 0. The van der Waals surface area contributed by atoms with Crippen molar-refractivity contribution in [2.24, 2.45) is 0 Å². The van der Waals surface area contributed by atoms with E-state index in [2.05, 4.69) is 32.6 Å². The number of hydrogen-bond acceptors (Lipinski definition) is 0. The van der Waals surface area contributed by atoms with Gasteiger partial charge in [-0.2, -0.15) is 0 Å². The van der Waals surface area contributed by atoms with Gasteiger partial charge >= 0.3 is 134 Å². The molecule has 0 nitrogen and oxygen atoms in total. The van der Waals surface area contributed by atoms with Crippen molar-refractivity contribution in [1.82, 2.24) is 0 Å². The summed E-state index contributed by atoms with van der Waals surface area (Å²) in [5, 5.41) is 1.39. The summed E-state index contributed by atoms with van der Waals surface area (Å²) in [6.45, 7) is 8.74. The summed E-state index contributed by atoms with van der Waals surface area (Å²) in [7, 11) is 0. The molecule has 0 rings (SSSR count). The van der Waals surface area contributed by atoms with Gasteiger partial charge in [0.25, 0.3) is 0 Å². The Morgan fingerprint density at radius 3 is 2.00 bits per heavy atom. The van der Waals surface area contributed by atoms with Gasteiger partial charge in [0, 0.05) is 0 Å². The first-order valence-electron chi connectivity index (χ1n) is 8.79. The SMILES string of the molecule is C=C(/C=C/CCCCCCC)[Se]CCCCCCCC. The molecule has 0 aromatic heterocycles. The molecule has 0 saturated heterocycles. The van der Waals surface area contributed by atoms with E-state index in [1.807, 2.05) is 0 Å². The van der Waals surface area contributed by atoms with Crippen LogP contribution < -0.4 is 0 Å². The van der Waals surface area contributed by atoms with Gasteiger partial charge < -0.3 is 0 Å². The number of unbranched alkanes of at least 4 members (excludes halogenated alkanes) is 10. The Hall–Kier alpha value is -0.000519. The van der Waals surface area contributed by atoms with Crippen molar-refractivity contribution in [2.45, 2.75) is 96.2 Å². The molecule has 0 atom stereocenters. The first-order chi connectivity index (χ1) is 9.81. The predicted octanol–water partition coefficient (Wildman–Crippen LogP) is 6.90. The molecule has 0 spiro atoms. The minimum atomic E-state index is 0.642. The van der Waals surface area contributed by atoms with Gasteiger partial charge in [-0.25, -0.2) is 0 Å². The fraction of sp³-hybridized carbons (Fsp3) is 0.789. The van der Waals surface area contributed by atoms with Crippen LogP contribution in [0.15, 0.2) is 23.2 Å². The fourth-order valence-corrected chi connectivity index (χ4v) is 3.90. The van der Waals surface area contributed by atoms with Crippen molar-refractivity contribution in [1.29, 1.82) is 0 Å². The zero-order valence-corrected chi connectivity index (χ0v) is 15.7. The predicted molar refractivity (Wildman–Crippen MR) is 95.6 cm³/mol. The van der Waals surface area contributed by atoms with Crippen LogP contribution in [0.4, 0.5) is 0 Å². The van der Waals surface area contributed by atoms with Crippen molar-refractivity contribution in [3.05, 3.63) is 23.2 Å². The van der Waals surface area contributed by atoms with Gasteiger partial charge in [-0.3, -0.25) is 0 Å². The average Bonchev–Trinajstić information content (AvgIpc) is 2.45. The van der Waals surface area contributed by atoms with Crippen molar-refractivity contribution in [2.75, 3.05) is 0 Å². The normalized spacial score (nSPS) is 11.3. The molecule has 0 aromatic carbocycles. The van der Waals surface area contributed by atoms with Crippen LogP contribution in [0.1, 0.15) is 90.9 Å². The maximum absolute atomic E-state index is 4.19. The Morgan fingerprint density at radius 2 is 1.35 bits per heavy atom. The van der Waals surface area contributed by atoms with Gasteiger partial charge in [0.05, 0.1) is 0 Å². The van der Waals surface area contributed by atoms with E-state index in [1.165, 1.54) is 86.8 Å². The van der Waals surface area contributed by atoms with Crippen LogP contribution in [0.5, 0.6) is 0 Å². The van der Waals surface area contributed by atoms with Crippen molar-refractivity contribution in [3.63, 3.8) is 0 Å². The second kappa shape index (κ2) is 17.1.